The Labute approximate surface area is 95.4 Å². The van der Waals surface area contributed by atoms with Gasteiger partial charge in [-0.2, -0.15) is 0 Å². The topological polar surface area (TPSA) is 15.3 Å². The molecule has 1 aliphatic carbocycles. The van der Waals surface area contributed by atoms with Crippen molar-refractivity contribution in [2.45, 2.75) is 51.5 Å². The molecule has 0 amide bonds. The van der Waals surface area contributed by atoms with Gasteiger partial charge in [0.1, 0.15) is 0 Å². The predicted octanol–water partition coefficient (Wildman–Crippen LogP) is 2.50. The van der Waals surface area contributed by atoms with Crippen LogP contribution in [0.4, 0.5) is 0 Å². The maximum atomic E-state index is 3.22. The molecule has 2 unspecified atom stereocenters. The first-order valence-corrected chi connectivity index (χ1v) is 6.62. The third-order valence-corrected chi connectivity index (χ3v) is 3.89. The molecule has 0 spiro atoms. The van der Waals surface area contributed by atoms with E-state index in [0.717, 1.165) is 18.5 Å². The average molecular weight is 212 g/mol. The molecular formula is C13H28N2. The molecule has 0 aromatic heterocycles. The Kier molecular flexibility index (Phi) is 6.26. The summed E-state index contributed by atoms with van der Waals surface area (Å²) in [6, 6.07) is 0.862. The molecule has 0 radical (unpaired) electrons. The van der Waals surface area contributed by atoms with E-state index in [0.29, 0.717) is 0 Å². The zero-order valence-corrected chi connectivity index (χ0v) is 10.8. The van der Waals surface area contributed by atoms with Crippen LogP contribution >= 0.6 is 0 Å². The first-order chi connectivity index (χ1) is 7.27. The zero-order chi connectivity index (χ0) is 11.1. The molecule has 2 atom stereocenters. The minimum absolute atomic E-state index is 0.862. The van der Waals surface area contributed by atoms with Gasteiger partial charge in [0.25, 0.3) is 0 Å². The monoisotopic (exact) mass is 212 g/mol. The van der Waals surface area contributed by atoms with E-state index in [2.05, 4.69) is 24.2 Å². The number of hydrogen-bond donors (Lipinski definition) is 1. The van der Waals surface area contributed by atoms with Crippen LogP contribution in [0.15, 0.2) is 0 Å². The number of hydrogen-bond acceptors (Lipinski definition) is 2. The standard InChI is InChI=1S/C13H28N2/c1-4-12-7-5-8-13(11-12)15(3)10-6-9-14-2/h12-14H,4-11H2,1-3H3. The fraction of sp³-hybridized carbons (Fsp3) is 1.00. The molecule has 1 rings (SSSR count). The highest BCUT2D eigenvalue weighted by Gasteiger charge is 2.23. The molecule has 2 heteroatoms. The summed E-state index contributed by atoms with van der Waals surface area (Å²) in [5, 5.41) is 3.22. The maximum Gasteiger partial charge on any atom is 0.00948 e. The Bertz CT molecular complexity index is 159. The van der Waals surface area contributed by atoms with E-state index >= 15 is 0 Å². The third-order valence-electron chi connectivity index (χ3n) is 3.89. The molecule has 1 fully saturated rings. The summed E-state index contributed by atoms with van der Waals surface area (Å²) in [6.07, 6.45) is 8.43. The van der Waals surface area contributed by atoms with Gasteiger partial charge < -0.3 is 10.2 Å². The molecule has 1 saturated carbocycles. The SMILES string of the molecule is CCC1CCCC(N(C)CCCNC)C1. The fourth-order valence-corrected chi connectivity index (χ4v) is 2.72. The summed E-state index contributed by atoms with van der Waals surface area (Å²) in [5.41, 5.74) is 0. The van der Waals surface area contributed by atoms with Crippen LogP contribution in [-0.2, 0) is 0 Å². The van der Waals surface area contributed by atoms with Gasteiger partial charge >= 0.3 is 0 Å². The molecular weight excluding hydrogens is 184 g/mol. The summed E-state index contributed by atoms with van der Waals surface area (Å²) in [7, 11) is 4.34. The van der Waals surface area contributed by atoms with Gasteiger partial charge in [-0.15, -0.1) is 0 Å². The van der Waals surface area contributed by atoms with Crippen LogP contribution in [0.1, 0.15) is 45.4 Å². The van der Waals surface area contributed by atoms with Crippen molar-refractivity contribution in [3.05, 3.63) is 0 Å². The van der Waals surface area contributed by atoms with Crippen molar-refractivity contribution in [3.63, 3.8) is 0 Å². The highest BCUT2D eigenvalue weighted by Crippen LogP contribution is 2.29. The average Bonchev–Trinajstić information content (AvgIpc) is 2.29. The lowest BCUT2D eigenvalue weighted by atomic mass is 9.83. The minimum Gasteiger partial charge on any atom is -0.320 e. The highest BCUT2D eigenvalue weighted by molar-refractivity contribution is 4.78. The van der Waals surface area contributed by atoms with Gasteiger partial charge in [-0.25, -0.2) is 0 Å². The molecule has 0 bridgehead atoms. The molecule has 0 aliphatic heterocycles. The van der Waals surface area contributed by atoms with Crippen molar-refractivity contribution < 1.29 is 0 Å². The van der Waals surface area contributed by atoms with Crippen molar-refractivity contribution in [2.24, 2.45) is 5.92 Å². The van der Waals surface area contributed by atoms with Crippen LogP contribution < -0.4 is 5.32 Å². The van der Waals surface area contributed by atoms with E-state index in [1.165, 1.54) is 45.1 Å². The number of nitrogens with zero attached hydrogens (tertiary/aromatic N) is 1. The van der Waals surface area contributed by atoms with Crippen molar-refractivity contribution >= 4 is 0 Å². The van der Waals surface area contributed by atoms with E-state index in [9.17, 15) is 0 Å². The Hall–Kier alpha value is -0.0800. The number of nitrogens with one attached hydrogen (secondary N) is 1. The van der Waals surface area contributed by atoms with E-state index in [1.54, 1.807) is 0 Å². The zero-order valence-electron chi connectivity index (χ0n) is 10.8. The van der Waals surface area contributed by atoms with Crippen molar-refractivity contribution in [3.8, 4) is 0 Å². The van der Waals surface area contributed by atoms with Gasteiger partial charge in [0.15, 0.2) is 0 Å². The maximum absolute atomic E-state index is 3.22. The molecule has 2 nitrogen and oxygen atoms in total. The first-order valence-electron chi connectivity index (χ1n) is 6.62. The second-order valence-corrected chi connectivity index (χ2v) is 5.03. The molecule has 1 N–H and O–H groups in total. The van der Waals surface area contributed by atoms with Gasteiger partial charge in [-0.05, 0) is 52.4 Å². The van der Waals surface area contributed by atoms with E-state index < -0.39 is 0 Å². The molecule has 0 saturated heterocycles. The fourth-order valence-electron chi connectivity index (χ4n) is 2.72. The molecule has 0 heterocycles. The van der Waals surface area contributed by atoms with Crippen molar-refractivity contribution in [1.29, 1.82) is 0 Å². The van der Waals surface area contributed by atoms with Gasteiger partial charge in [0.05, 0.1) is 0 Å². The lowest BCUT2D eigenvalue weighted by molar-refractivity contribution is 0.155. The highest BCUT2D eigenvalue weighted by atomic mass is 15.1. The van der Waals surface area contributed by atoms with Crippen LogP contribution in [0.3, 0.4) is 0 Å². The quantitative estimate of drug-likeness (QED) is 0.681. The van der Waals surface area contributed by atoms with Crippen molar-refractivity contribution in [1.82, 2.24) is 10.2 Å². The normalized spacial score (nSPS) is 27.2. The molecule has 0 aromatic carbocycles. The lowest BCUT2D eigenvalue weighted by Gasteiger charge is -2.35. The summed E-state index contributed by atoms with van der Waals surface area (Å²) in [5.74, 6) is 0.996. The molecule has 0 aromatic rings. The van der Waals surface area contributed by atoms with Gasteiger partial charge in [0.2, 0.25) is 0 Å². The summed E-state index contributed by atoms with van der Waals surface area (Å²) < 4.78 is 0. The van der Waals surface area contributed by atoms with Crippen molar-refractivity contribution in [2.75, 3.05) is 27.2 Å². The smallest absolute Gasteiger partial charge is 0.00948 e. The summed E-state index contributed by atoms with van der Waals surface area (Å²) in [4.78, 5) is 2.58. The Morgan fingerprint density at radius 1 is 1.33 bits per heavy atom. The molecule has 90 valence electrons. The van der Waals surface area contributed by atoms with Crippen LogP contribution in [0.5, 0.6) is 0 Å². The van der Waals surface area contributed by atoms with E-state index in [1.807, 2.05) is 7.05 Å². The van der Waals surface area contributed by atoms with Gasteiger partial charge in [0, 0.05) is 6.04 Å². The van der Waals surface area contributed by atoms with E-state index in [4.69, 9.17) is 0 Å². The summed E-state index contributed by atoms with van der Waals surface area (Å²) in [6.45, 7) is 4.74. The van der Waals surface area contributed by atoms with Gasteiger partial charge in [-0.3, -0.25) is 0 Å². The Balaban J connectivity index is 2.22. The predicted molar refractivity (Wildman–Crippen MR) is 67.2 cm³/mol. The largest absolute Gasteiger partial charge is 0.320 e. The van der Waals surface area contributed by atoms with E-state index in [-0.39, 0.29) is 0 Å². The Morgan fingerprint density at radius 2 is 2.13 bits per heavy atom. The third kappa shape index (κ3) is 4.52. The lowest BCUT2D eigenvalue weighted by Crippen LogP contribution is -2.37. The van der Waals surface area contributed by atoms with Crippen LogP contribution in [-0.4, -0.2) is 38.1 Å². The van der Waals surface area contributed by atoms with Crippen LogP contribution in [0.2, 0.25) is 0 Å². The van der Waals surface area contributed by atoms with Crippen LogP contribution in [0, 0.1) is 5.92 Å². The second kappa shape index (κ2) is 7.24. The molecule has 1 aliphatic rings. The minimum atomic E-state index is 0.862. The first kappa shape index (κ1) is 13.0. The Morgan fingerprint density at radius 3 is 2.80 bits per heavy atom. The second-order valence-electron chi connectivity index (χ2n) is 5.03. The summed E-state index contributed by atoms with van der Waals surface area (Å²) >= 11 is 0. The van der Waals surface area contributed by atoms with Crippen LogP contribution in [0.25, 0.3) is 0 Å². The number of rotatable bonds is 6. The van der Waals surface area contributed by atoms with Gasteiger partial charge in [-0.1, -0.05) is 26.2 Å². The molecule has 15 heavy (non-hydrogen) atoms.